The molecule has 1 aliphatic rings. The number of amides is 1. The van der Waals surface area contributed by atoms with Gasteiger partial charge in [-0.3, -0.25) is 14.9 Å². The lowest BCUT2D eigenvalue weighted by Crippen LogP contribution is -2.48. The van der Waals surface area contributed by atoms with Gasteiger partial charge in [0.25, 0.3) is 5.69 Å². The lowest BCUT2D eigenvalue weighted by Gasteiger charge is -2.35. The second kappa shape index (κ2) is 8.88. The standard InChI is InChI=1S/C20H20BrN3O4/c1-28-19-8-7-16(21)14-15(19)6-9-20(25)23-12-10-22(11-13-23)17-4-2-3-5-18(17)24(26)27/h2-9,14H,10-13H2,1H3/b9-6+. The average molecular weight is 446 g/mol. The molecule has 7 nitrogen and oxygen atoms in total. The molecular formula is C20H20BrN3O4. The Bertz CT molecular complexity index is 908. The number of anilines is 1. The molecule has 0 saturated carbocycles. The zero-order chi connectivity index (χ0) is 20.1. The van der Waals surface area contributed by atoms with Crippen LogP contribution < -0.4 is 9.64 Å². The van der Waals surface area contributed by atoms with Crippen LogP contribution in [0.5, 0.6) is 5.75 Å². The van der Waals surface area contributed by atoms with Crippen LogP contribution in [0.2, 0.25) is 0 Å². The zero-order valence-corrected chi connectivity index (χ0v) is 17.0. The molecule has 0 aromatic heterocycles. The molecule has 0 bridgehead atoms. The highest BCUT2D eigenvalue weighted by Crippen LogP contribution is 2.28. The number of hydrogen-bond acceptors (Lipinski definition) is 5. The van der Waals surface area contributed by atoms with Crippen LogP contribution >= 0.6 is 15.9 Å². The second-order valence-corrected chi connectivity index (χ2v) is 7.19. The van der Waals surface area contributed by atoms with Crippen molar-refractivity contribution in [1.29, 1.82) is 0 Å². The molecule has 1 aliphatic heterocycles. The Labute approximate surface area is 171 Å². The van der Waals surface area contributed by atoms with Crippen molar-refractivity contribution >= 4 is 39.3 Å². The third-order valence-corrected chi connectivity index (χ3v) is 5.10. The fraction of sp³-hybridized carbons (Fsp3) is 0.250. The summed E-state index contributed by atoms with van der Waals surface area (Å²) >= 11 is 3.42. The molecular weight excluding hydrogens is 426 g/mol. The number of para-hydroxylation sites is 2. The molecule has 0 atom stereocenters. The average Bonchev–Trinajstić information content (AvgIpc) is 2.72. The molecule has 28 heavy (non-hydrogen) atoms. The van der Waals surface area contributed by atoms with Gasteiger partial charge in [-0.15, -0.1) is 0 Å². The van der Waals surface area contributed by atoms with E-state index < -0.39 is 0 Å². The van der Waals surface area contributed by atoms with Crippen LogP contribution in [0.15, 0.2) is 53.0 Å². The van der Waals surface area contributed by atoms with Gasteiger partial charge in [-0.1, -0.05) is 28.1 Å². The lowest BCUT2D eigenvalue weighted by molar-refractivity contribution is -0.384. The van der Waals surface area contributed by atoms with Crippen LogP contribution in [0.1, 0.15) is 5.56 Å². The minimum Gasteiger partial charge on any atom is -0.496 e. The first-order chi connectivity index (χ1) is 13.5. The SMILES string of the molecule is COc1ccc(Br)cc1/C=C/C(=O)N1CCN(c2ccccc2[N+](=O)[O-])CC1. The number of nitro benzene ring substituents is 1. The smallest absolute Gasteiger partial charge is 0.292 e. The first-order valence-corrected chi connectivity index (χ1v) is 9.58. The number of nitrogens with zero attached hydrogens (tertiary/aromatic N) is 3. The molecule has 0 spiro atoms. The molecule has 0 unspecified atom stereocenters. The van der Waals surface area contributed by atoms with Crippen molar-refractivity contribution in [3.63, 3.8) is 0 Å². The predicted octanol–water partition coefficient (Wildman–Crippen LogP) is 3.73. The number of halogens is 1. The Morgan fingerprint density at radius 3 is 2.57 bits per heavy atom. The van der Waals surface area contributed by atoms with Crippen molar-refractivity contribution in [1.82, 2.24) is 4.90 Å². The van der Waals surface area contributed by atoms with E-state index in [1.54, 1.807) is 36.3 Å². The van der Waals surface area contributed by atoms with Crippen LogP contribution in [0.4, 0.5) is 11.4 Å². The number of nitro groups is 1. The van der Waals surface area contributed by atoms with Crippen molar-refractivity contribution in [2.75, 3.05) is 38.2 Å². The number of piperazine rings is 1. The van der Waals surface area contributed by atoms with E-state index in [0.29, 0.717) is 37.6 Å². The molecule has 0 radical (unpaired) electrons. The molecule has 3 rings (SSSR count). The monoisotopic (exact) mass is 445 g/mol. The van der Waals surface area contributed by atoms with Gasteiger partial charge in [0, 0.05) is 48.4 Å². The Hall–Kier alpha value is -2.87. The summed E-state index contributed by atoms with van der Waals surface area (Å²) in [6, 6.07) is 12.3. The van der Waals surface area contributed by atoms with Gasteiger partial charge in [-0.25, -0.2) is 0 Å². The molecule has 2 aromatic carbocycles. The molecule has 0 aliphatic carbocycles. The fourth-order valence-electron chi connectivity index (χ4n) is 3.16. The number of carbonyl (C=O) groups is 1. The van der Waals surface area contributed by atoms with Crippen LogP contribution in [-0.4, -0.2) is 49.0 Å². The first kappa shape index (κ1) is 19.9. The predicted molar refractivity (Wildman–Crippen MR) is 112 cm³/mol. The van der Waals surface area contributed by atoms with Crippen molar-refractivity contribution in [2.45, 2.75) is 0 Å². The van der Waals surface area contributed by atoms with Gasteiger partial charge in [-0.2, -0.15) is 0 Å². The van der Waals surface area contributed by atoms with Crippen LogP contribution in [0, 0.1) is 10.1 Å². The van der Waals surface area contributed by atoms with Crippen molar-refractivity contribution in [3.8, 4) is 5.75 Å². The topological polar surface area (TPSA) is 75.9 Å². The summed E-state index contributed by atoms with van der Waals surface area (Å²) in [5.74, 6) is 0.595. The molecule has 2 aromatic rings. The largest absolute Gasteiger partial charge is 0.496 e. The van der Waals surface area contributed by atoms with Crippen LogP contribution in [0.3, 0.4) is 0 Å². The normalized spacial score (nSPS) is 14.4. The van der Waals surface area contributed by atoms with Crippen LogP contribution in [-0.2, 0) is 4.79 Å². The third kappa shape index (κ3) is 4.51. The fourth-order valence-corrected chi connectivity index (χ4v) is 3.53. The van der Waals surface area contributed by atoms with E-state index in [2.05, 4.69) is 15.9 Å². The number of hydrogen-bond donors (Lipinski definition) is 0. The summed E-state index contributed by atoms with van der Waals surface area (Å²) in [4.78, 5) is 27.1. The summed E-state index contributed by atoms with van der Waals surface area (Å²) in [5, 5.41) is 11.2. The van der Waals surface area contributed by atoms with E-state index in [0.717, 1.165) is 10.0 Å². The number of rotatable bonds is 5. The molecule has 0 N–H and O–H groups in total. The van der Waals surface area contributed by atoms with Gasteiger partial charge >= 0.3 is 0 Å². The molecule has 1 amide bonds. The molecule has 8 heteroatoms. The maximum absolute atomic E-state index is 12.5. The van der Waals surface area contributed by atoms with Gasteiger partial charge in [0.05, 0.1) is 12.0 Å². The highest BCUT2D eigenvalue weighted by molar-refractivity contribution is 9.10. The molecule has 1 heterocycles. The van der Waals surface area contributed by atoms with E-state index in [-0.39, 0.29) is 16.5 Å². The summed E-state index contributed by atoms with van der Waals surface area (Å²) in [7, 11) is 1.59. The van der Waals surface area contributed by atoms with Gasteiger partial charge in [0.2, 0.25) is 5.91 Å². The number of benzene rings is 2. The maximum Gasteiger partial charge on any atom is 0.292 e. The Morgan fingerprint density at radius 1 is 1.18 bits per heavy atom. The van der Waals surface area contributed by atoms with E-state index in [1.807, 2.05) is 23.1 Å². The molecule has 1 saturated heterocycles. The minimum atomic E-state index is -0.374. The van der Waals surface area contributed by atoms with Gasteiger partial charge in [0.15, 0.2) is 0 Å². The van der Waals surface area contributed by atoms with E-state index in [4.69, 9.17) is 4.74 Å². The second-order valence-electron chi connectivity index (χ2n) is 6.28. The maximum atomic E-state index is 12.5. The van der Waals surface area contributed by atoms with E-state index >= 15 is 0 Å². The highest BCUT2D eigenvalue weighted by Gasteiger charge is 2.24. The van der Waals surface area contributed by atoms with E-state index in [9.17, 15) is 14.9 Å². The van der Waals surface area contributed by atoms with Gasteiger partial charge < -0.3 is 14.5 Å². The summed E-state index contributed by atoms with van der Waals surface area (Å²) < 4.78 is 6.21. The Balaban J connectivity index is 1.65. The van der Waals surface area contributed by atoms with Crippen molar-refractivity contribution < 1.29 is 14.5 Å². The highest BCUT2D eigenvalue weighted by atomic mass is 79.9. The molecule has 146 valence electrons. The quantitative estimate of drug-likeness (QED) is 0.398. The van der Waals surface area contributed by atoms with Gasteiger partial charge in [0.1, 0.15) is 11.4 Å². The summed E-state index contributed by atoms with van der Waals surface area (Å²) in [6.07, 6.45) is 3.27. The summed E-state index contributed by atoms with van der Waals surface area (Å²) in [6.45, 7) is 2.10. The first-order valence-electron chi connectivity index (χ1n) is 8.78. The van der Waals surface area contributed by atoms with Crippen LogP contribution in [0.25, 0.3) is 6.08 Å². The minimum absolute atomic E-state index is 0.0870. The zero-order valence-electron chi connectivity index (χ0n) is 15.4. The number of methoxy groups -OCH3 is 1. The lowest BCUT2D eigenvalue weighted by atomic mass is 10.1. The van der Waals surface area contributed by atoms with Crippen molar-refractivity contribution in [2.24, 2.45) is 0 Å². The third-order valence-electron chi connectivity index (χ3n) is 4.61. The molecule has 1 fully saturated rings. The van der Waals surface area contributed by atoms with Crippen molar-refractivity contribution in [3.05, 3.63) is 68.7 Å². The van der Waals surface area contributed by atoms with E-state index in [1.165, 1.54) is 12.1 Å². The van der Waals surface area contributed by atoms with Gasteiger partial charge in [-0.05, 0) is 30.3 Å². The Kier molecular flexibility index (Phi) is 6.30. The number of carbonyl (C=O) groups excluding carboxylic acids is 1. The summed E-state index contributed by atoms with van der Waals surface area (Å²) in [5.41, 5.74) is 1.49. The number of ether oxygens (including phenoxy) is 1. The Morgan fingerprint density at radius 2 is 1.89 bits per heavy atom.